The fourth-order valence-corrected chi connectivity index (χ4v) is 1.45. The van der Waals surface area contributed by atoms with Crippen LogP contribution in [0.3, 0.4) is 0 Å². The van der Waals surface area contributed by atoms with Crippen LogP contribution >= 0.6 is 0 Å². The van der Waals surface area contributed by atoms with Crippen LogP contribution in [-0.2, 0) is 0 Å². The molecule has 2 N–H and O–H groups in total. The number of carbonyl (C=O) groups is 2. The Morgan fingerprint density at radius 3 is 2.39 bits per heavy atom. The van der Waals surface area contributed by atoms with Crippen LogP contribution in [0, 0.1) is 0 Å². The lowest BCUT2D eigenvalue weighted by Crippen LogP contribution is -2.06. The molecule has 0 aliphatic heterocycles. The molecule has 2 heterocycles. The fourth-order valence-electron chi connectivity index (χ4n) is 1.45. The summed E-state index contributed by atoms with van der Waals surface area (Å²) in [4.78, 5) is 29.7. The minimum atomic E-state index is -1.24. The quantitative estimate of drug-likeness (QED) is 0.849. The van der Waals surface area contributed by atoms with Gasteiger partial charge >= 0.3 is 11.9 Å². The Balaban J connectivity index is 2.61. The predicted octanol–water partition coefficient (Wildman–Crippen LogP) is 1.54. The molecule has 0 radical (unpaired) electrons. The zero-order valence-electron chi connectivity index (χ0n) is 9.07. The molecule has 0 amide bonds. The second-order valence-electron chi connectivity index (χ2n) is 3.45. The zero-order chi connectivity index (χ0) is 13.1. The van der Waals surface area contributed by atoms with Crippen LogP contribution in [0.4, 0.5) is 0 Å². The van der Waals surface area contributed by atoms with Crippen molar-refractivity contribution >= 4 is 11.9 Å². The summed E-state index contributed by atoms with van der Waals surface area (Å²) in [6.45, 7) is 0. The van der Waals surface area contributed by atoms with E-state index >= 15 is 0 Å². The Morgan fingerprint density at radius 2 is 1.83 bits per heavy atom. The first kappa shape index (κ1) is 11.7. The molecule has 2 aromatic rings. The van der Waals surface area contributed by atoms with Gasteiger partial charge < -0.3 is 10.2 Å². The van der Waals surface area contributed by atoms with Gasteiger partial charge in [-0.1, -0.05) is 6.07 Å². The van der Waals surface area contributed by atoms with Crippen molar-refractivity contribution < 1.29 is 19.8 Å². The van der Waals surface area contributed by atoms with Crippen LogP contribution in [-0.4, -0.2) is 32.1 Å². The first-order chi connectivity index (χ1) is 8.59. The molecule has 2 aromatic heterocycles. The maximum Gasteiger partial charge on any atom is 0.338 e. The van der Waals surface area contributed by atoms with Crippen molar-refractivity contribution in [1.82, 2.24) is 9.97 Å². The standard InChI is InChI=1S/C12H8N2O4/c15-11(16)7-5-8(12(17)18)10(14-6-7)9-3-1-2-4-13-9/h1-6H,(H,15,16)(H,17,18). The highest BCUT2D eigenvalue weighted by molar-refractivity contribution is 5.97. The van der Waals surface area contributed by atoms with Gasteiger partial charge in [0.05, 0.1) is 16.8 Å². The molecular formula is C12H8N2O4. The number of aromatic nitrogens is 2. The molecule has 0 aromatic carbocycles. The van der Waals surface area contributed by atoms with Gasteiger partial charge in [-0.3, -0.25) is 9.97 Å². The van der Waals surface area contributed by atoms with E-state index in [1.54, 1.807) is 18.2 Å². The van der Waals surface area contributed by atoms with Gasteiger partial charge in [0.15, 0.2) is 0 Å². The molecule has 2 rings (SSSR count). The van der Waals surface area contributed by atoms with E-state index < -0.39 is 11.9 Å². The molecule has 0 aliphatic rings. The second kappa shape index (κ2) is 4.62. The third-order valence-corrected chi connectivity index (χ3v) is 2.27. The number of pyridine rings is 2. The molecule has 0 saturated carbocycles. The van der Waals surface area contributed by atoms with Crippen LogP contribution in [0.1, 0.15) is 20.7 Å². The first-order valence-electron chi connectivity index (χ1n) is 4.97. The van der Waals surface area contributed by atoms with Crippen LogP contribution in [0.5, 0.6) is 0 Å². The molecule has 0 atom stereocenters. The van der Waals surface area contributed by atoms with Crippen LogP contribution in [0.2, 0.25) is 0 Å². The Labute approximate surface area is 102 Å². The second-order valence-corrected chi connectivity index (χ2v) is 3.45. The molecule has 0 spiro atoms. The normalized spacial score (nSPS) is 10.0. The first-order valence-corrected chi connectivity index (χ1v) is 4.97. The van der Waals surface area contributed by atoms with Crippen molar-refractivity contribution in [3.8, 4) is 11.4 Å². The zero-order valence-corrected chi connectivity index (χ0v) is 9.07. The summed E-state index contributed by atoms with van der Waals surface area (Å²) in [6.07, 6.45) is 2.62. The van der Waals surface area contributed by atoms with E-state index in [1.807, 2.05) is 0 Å². The smallest absolute Gasteiger partial charge is 0.338 e. The summed E-state index contributed by atoms with van der Waals surface area (Å²) >= 11 is 0. The largest absolute Gasteiger partial charge is 0.478 e. The molecule has 90 valence electrons. The van der Waals surface area contributed by atoms with Gasteiger partial charge in [-0.2, -0.15) is 0 Å². The summed E-state index contributed by atoms with van der Waals surface area (Å²) in [5.74, 6) is -2.47. The Morgan fingerprint density at radius 1 is 1.06 bits per heavy atom. The lowest BCUT2D eigenvalue weighted by atomic mass is 10.1. The highest BCUT2D eigenvalue weighted by Gasteiger charge is 2.17. The van der Waals surface area contributed by atoms with E-state index in [2.05, 4.69) is 9.97 Å². The summed E-state index contributed by atoms with van der Waals surface area (Å²) in [6, 6.07) is 6.06. The number of hydrogen-bond donors (Lipinski definition) is 2. The third kappa shape index (κ3) is 2.17. The van der Waals surface area contributed by atoms with Gasteiger partial charge in [-0.15, -0.1) is 0 Å². The van der Waals surface area contributed by atoms with Gasteiger partial charge in [0.2, 0.25) is 0 Å². The number of nitrogens with zero attached hydrogens (tertiary/aromatic N) is 2. The maximum absolute atomic E-state index is 11.1. The Kier molecular flexibility index (Phi) is 3.01. The molecule has 6 heteroatoms. The molecule has 0 saturated heterocycles. The number of rotatable bonds is 3. The molecular weight excluding hydrogens is 236 g/mol. The van der Waals surface area contributed by atoms with E-state index in [0.29, 0.717) is 5.69 Å². The number of carboxylic acid groups (broad SMARTS) is 2. The van der Waals surface area contributed by atoms with Crippen LogP contribution < -0.4 is 0 Å². The van der Waals surface area contributed by atoms with Gasteiger partial charge in [-0.25, -0.2) is 9.59 Å². The number of aromatic carboxylic acids is 2. The highest BCUT2D eigenvalue weighted by Crippen LogP contribution is 2.20. The van der Waals surface area contributed by atoms with E-state index in [9.17, 15) is 9.59 Å². The van der Waals surface area contributed by atoms with Crippen molar-refractivity contribution in [2.45, 2.75) is 0 Å². The van der Waals surface area contributed by atoms with Crippen molar-refractivity contribution in [2.75, 3.05) is 0 Å². The fraction of sp³-hybridized carbons (Fsp3) is 0. The molecule has 0 aliphatic carbocycles. The molecule has 0 unspecified atom stereocenters. The van der Waals surface area contributed by atoms with E-state index in [0.717, 1.165) is 12.3 Å². The average molecular weight is 244 g/mol. The minimum Gasteiger partial charge on any atom is -0.478 e. The summed E-state index contributed by atoms with van der Waals surface area (Å²) in [5, 5.41) is 17.9. The number of hydrogen-bond acceptors (Lipinski definition) is 4. The lowest BCUT2D eigenvalue weighted by molar-refractivity contribution is 0.0696. The predicted molar refractivity (Wildman–Crippen MR) is 61.4 cm³/mol. The van der Waals surface area contributed by atoms with Gasteiger partial charge in [0.1, 0.15) is 5.69 Å². The Hall–Kier alpha value is -2.76. The van der Waals surface area contributed by atoms with Crippen molar-refractivity contribution in [3.63, 3.8) is 0 Å². The number of carboxylic acids is 2. The van der Waals surface area contributed by atoms with E-state index in [-0.39, 0.29) is 16.8 Å². The summed E-state index contributed by atoms with van der Waals surface area (Å²) in [5.41, 5.74) is 0.167. The molecule has 0 fully saturated rings. The maximum atomic E-state index is 11.1. The molecule has 18 heavy (non-hydrogen) atoms. The Bertz CT molecular complexity index is 611. The lowest BCUT2D eigenvalue weighted by Gasteiger charge is -2.05. The minimum absolute atomic E-state index is 0.146. The van der Waals surface area contributed by atoms with E-state index in [4.69, 9.17) is 10.2 Å². The molecule has 0 bridgehead atoms. The molecule has 6 nitrogen and oxygen atoms in total. The van der Waals surface area contributed by atoms with Crippen LogP contribution in [0.25, 0.3) is 11.4 Å². The highest BCUT2D eigenvalue weighted by atomic mass is 16.4. The van der Waals surface area contributed by atoms with Gasteiger partial charge in [0, 0.05) is 12.4 Å². The van der Waals surface area contributed by atoms with Gasteiger partial charge in [-0.05, 0) is 18.2 Å². The van der Waals surface area contributed by atoms with Crippen molar-refractivity contribution in [3.05, 3.63) is 47.8 Å². The third-order valence-electron chi connectivity index (χ3n) is 2.27. The van der Waals surface area contributed by atoms with Crippen molar-refractivity contribution in [1.29, 1.82) is 0 Å². The van der Waals surface area contributed by atoms with Crippen molar-refractivity contribution in [2.24, 2.45) is 0 Å². The summed E-state index contributed by atoms with van der Waals surface area (Å²) in [7, 11) is 0. The average Bonchev–Trinajstić information content (AvgIpc) is 2.39. The van der Waals surface area contributed by atoms with Gasteiger partial charge in [0.25, 0.3) is 0 Å². The van der Waals surface area contributed by atoms with Crippen LogP contribution in [0.15, 0.2) is 36.7 Å². The monoisotopic (exact) mass is 244 g/mol. The SMILES string of the molecule is O=C(O)c1cnc(-c2ccccn2)c(C(=O)O)c1. The summed E-state index contributed by atoms with van der Waals surface area (Å²) < 4.78 is 0. The topological polar surface area (TPSA) is 100 Å². The van der Waals surface area contributed by atoms with E-state index in [1.165, 1.54) is 6.20 Å².